The third-order valence-electron chi connectivity index (χ3n) is 3.13. The van der Waals surface area contributed by atoms with E-state index in [4.69, 9.17) is 5.73 Å². The van der Waals surface area contributed by atoms with Gasteiger partial charge < -0.3 is 5.73 Å². The van der Waals surface area contributed by atoms with E-state index in [1.54, 1.807) is 6.07 Å². The summed E-state index contributed by atoms with van der Waals surface area (Å²) in [7, 11) is 0. The molecule has 1 aliphatic heterocycles. The Kier molecular flexibility index (Phi) is 2.55. The number of aromatic amines is 1. The van der Waals surface area contributed by atoms with Crippen molar-refractivity contribution in [2.45, 2.75) is 0 Å². The first-order valence-corrected chi connectivity index (χ1v) is 6.17. The summed E-state index contributed by atoms with van der Waals surface area (Å²) in [4.78, 5) is 7.90. The molecule has 0 aliphatic carbocycles. The van der Waals surface area contributed by atoms with Crippen LogP contribution < -0.4 is 11.2 Å². The number of nitrogens with one attached hydrogen (secondary N) is 1. The molecule has 22 heavy (non-hydrogen) atoms. The fraction of sp³-hybridized carbons (Fsp3) is 0. The lowest BCUT2D eigenvalue weighted by Crippen LogP contribution is -2.07. The van der Waals surface area contributed by atoms with Crippen LogP contribution >= 0.6 is 0 Å². The molecule has 107 valence electrons. The zero-order valence-electron chi connectivity index (χ0n) is 10.9. The average Bonchev–Trinajstić information content (AvgIpc) is 3.17. The number of nitrogens with zero attached hydrogens (tertiary/aromatic N) is 7. The number of fused-ring (bicyclic) bond motifs is 1. The highest BCUT2D eigenvalue weighted by Gasteiger charge is 2.25. The van der Waals surface area contributed by atoms with E-state index in [2.05, 4.69) is 41.1 Å². The normalized spacial score (nSPS) is 12.7. The van der Waals surface area contributed by atoms with E-state index in [-0.39, 0.29) is 5.82 Å². The van der Waals surface area contributed by atoms with Gasteiger partial charge in [0.05, 0.1) is 5.56 Å². The van der Waals surface area contributed by atoms with Crippen molar-refractivity contribution in [1.29, 1.82) is 0 Å². The van der Waals surface area contributed by atoms with Gasteiger partial charge in [-0.05, 0) is 28.6 Å². The lowest BCUT2D eigenvalue weighted by Gasteiger charge is -2.06. The molecule has 0 saturated heterocycles. The highest BCUT2D eigenvalue weighted by molar-refractivity contribution is 6.19. The number of nitrogens with two attached hydrogens (primary N) is 1. The minimum atomic E-state index is -0.463. The number of tetrazole rings is 1. The van der Waals surface area contributed by atoms with Crippen molar-refractivity contribution in [2.75, 3.05) is 5.73 Å². The Morgan fingerprint density at radius 2 is 1.95 bits per heavy atom. The Bertz CT molecular complexity index is 888. The van der Waals surface area contributed by atoms with E-state index in [1.807, 2.05) is 0 Å². The van der Waals surface area contributed by atoms with Gasteiger partial charge in [-0.15, -0.1) is 15.6 Å². The molecular formula is C12H7FN9. The van der Waals surface area contributed by atoms with E-state index in [1.165, 1.54) is 18.5 Å². The molecule has 3 heterocycles. The maximum Gasteiger partial charge on any atom is 0.189 e. The molecule has 2 aromatic heterocycles. The van der Waals surface area contributed by atoms with Crippen LogP contribution in [0, 0.1) is 5.82 Å². The van der Waals surface area contributed by atoms with Crippen molar-refractivity contribution in [3.05, 3.63) is 41.5 Å². The lowest BCUT2D eigenvalue weighted by molar-refractivity contribution is 0.628. The molecule has 0 spiro atoms. The molecule has 3 N–H and O–H groups in total. The summed E-state index contributed by atoms with van der Waals surface area (Å²) in [6.07, 6.45) is 1.30. The first-order chi connectivity index (χ1) is 10.7. The molecular weight excluding hydrogens is 289 g/mol. The Morgan fingerprint density at radius 1 is 1.09 bits per heavy atom. The van der Waals surface area contributed by atoms with Crippen molar-refractivity contribution in [3.63, 3.8) is 0 Å². The van der Waals surface area contributed by atoms with E-state index in [0.717, 1.165) is 0 Å². The first-order valence-electron chi connectivity index (χ1n) is 6.17. The second-order valence-corrected chi connectivity index (χ2v) is 4.48. The minimum absolute atomic E-state index is 0.233. The monoisotopic (exact) mass is 296 g/mol. The van der Waals surface area contributed by atoms with Gasteiger partial charge >= 0.3 is 0 Å². The number of aromatic nitrogens is 6. The molecule has 0 saturated carbocycles. The zero-order chi connectivity index (χ0) is 15.1. The highest BCUT2D eigenvalue weighted by Crippen LogP contribution is 2.29. The van der Waals surface area contributed by atoms with Crippen molar-refractivity contribution in [3.8, 4) is 11.4 Å². The van der Waals surface area contributed by atoms with E-state index >= 15 is 0 Å². The summed E-state index contributed by atoms with van der Waals surface area (Å²) in [5.41, 5.74) is 11.6. The topological polar surface area (TPSA) is 133 Å². The molecule has 0 bridgehead atoms. The van der Waals surface area contributed by atoms with Crippen LogP contribution in [0.1, 0.15) is 11.1 Å². The third-order valence-corrected chi connectivity index (χ3v) is 3.13. The molecule has 1 aromatic carbocycles. The molecule has 0 fully saturated rings. The quantitative estimate of drug-likeness (QED) is 0.702. The van der Waals surface area contributed by atoms with E-state index in [9.17, 15) is 4.39 Å². The summed E-state index contributed by atoms with van der Waals surface area (Å²) in [6.45, 7) is 0. The van der Waals surface area contributed by atoms with Gasteiger partial charge in [-0.25, -0.2) is 19.5 Å². The first kappa shape index (κ1) is 12.3. The second kappa shape index (κ2) is 4.55. The number of rotatable bonds is 2. The highest BCUT2D eigenvalue weighted by atomic mass is 19.1. The number of hydrogen-bond acceptors (Lipinski definition) is 7. The molecule has 1 radical (unpaired) electrons. The number of H-pyrrole nitrogens is 1. The van der Waals surface area contributed by atoms with Gasteiger partial charge in [0.1, 0.15) is 23.7 Å². The molecule has 0 unspecified atom stereocenters. The van der Waals surface area contributed by atoms with Crippen LogP contribution in [0.15, 0.2) is 29.6 Å². The number of anilines is 1. The molecule has 3 aromatic rings. The number of hydrogen-bond donors (Lipinski definition) is 2. The maximum atomic E-state index is 13.9. The Hall–Kier alpha value is -3.43. The summed E-state index contributed by atoms with van der Waals surface area (Å²) in [5, 5.41) is 17.3. The van der Waals surface area contributed by atoms with Gasteiger partial charge in [-0.1, -0.05) is 0 Å². The van der Waals surface area contributed by atoms with Gasteiger partial charge in [0.2, 0.25) is 0 Å². The van der Waals surface area contributed by atoms with Crippen LogP contribution in [0.4, 0.5) is 16.0 Å². The van der Waals surface area contributed by atoms with Crippen molar-refractivity contribution in [2.24, 2.45) is 5.10 Å². The summed E-state index contributed by atoms with van der Waals surface area (Å²) < 4.78 is 13.9. The van der Waals surface area contributed by atoms with Gasteiger partial charge in [-0.2, -0.15) is 0 Å². The minimum Gasteiger partial charge on any atom is -0.383 e. The smallest absolute Gasteiger partial charge is 0.189 e. The SMILES string of the molecule is Nc1ncnc2c1C(c1cc(F)cc(-c3nnn[nH]3)c1)=N[N]2. The van der Waals surface area contributed by atoms with Crippen LogP contribution in [-0.4, -0.2) is 36.3 Å². The number of halogens is 1. The Balaban J connectivity index is 1.86. The predicted octanol–water partition coefficient (Wildman–Crippen LogP) is 0.380. The van der Waals surface area contributed by atoms with Gasteiger partial charge in [0.25, 0.3) is 0 Å². The Labute approximate surface area is 122 Å². The average molecular weight is 296 g/mol. The van der Waals surface area contributed by atoms with E-state index < -0.39 is 5.82 Å². The number of nitrogen functional groups attached to an aromatic ring is 1. The standard InChI is InChI=1S/C12H7FN9/c13-7-2-5(1-6(3-7)11-19-21-22-20-11)9-8-10(14)15-4-16-12(8)18-17-9/h1-4H,(H2,14,15,16)(H,19,20,21,22). The summed E-state index contributed by atoms with van der Waals surface area (Å²) in [5.74, 6) is 0.469. The summed E-state index contributed by atoms with van der Waals surface area (Å²) >= 11 is 0. The molecule has 9 nitrogen and oxygen atoms in total. The second-order valence-electron chi connectivity index (χ2n) is 4.48. The van der Waals surface area contributed by atoms with Crippen LogP contribution in [0.3, 0.4) is 0 Å². The molecule has 4 rings (SSSR count). The van der Waals surface area contributed by atoms with Gasteiger partial charge in [0, 0.05) is 11.1 Å². The van der Waals surface area contributed by atoms with Crippen molar-refractivity contribution < 1.29 is 4.39 Å². The largest absolute Gasteiger partial charge is 0.383 e. The predicted molar refractivity (Wildman–Crippen MR) is 73.4 cm³/mol. The summed E-state index contributed by atoms with van der Waals surface area (Å²) in [6, 6.07) is 4.31. The van der Waals surface area contributed by atoms with Crippen molar-refractivity contribution in [1.82, 2.24) is 36.0 Å². The molecule has 1 aliphatic rings. The molecule has 10 heteroatoms. The van der Waals surface area contributed by atoms with Crippen LogP contribution in [0.5, 0.6) is 0 Å². The number of benzene rings is 1. The maximum absolute atomic E-state index is 13.9. The van der Waals surface area contributed by atoms with Crippen LogP contribution in [0.2, 0.25) is 0 Å². The van der Waals surface area contributed by atoms with E-state index in [0.29, 0.717) is 34.0 Å². The fourth-order valence-corrected chi connectivity index (χ4v) is 2.19. The van der Waals surface area contributed by atoms with Crippen molar-refractivity contribution >= 4 is 17.3 Å². The van der Waals surface area contributed by atoms with Crippen LogP contribution in [-0.2, 0) is 0 Å². The van der Waals surface area contributed by atoms with Gasteiger partial charge in [0.15, 0.2) is 11.6 Å². The molecule has 0 amide bonds. The zero-order valence-corrected chi connectivity index (χ0v) is 10.9. The lowest BCUT2D eigenvalue weighted by atomic mass is 10.0. The Morgan fingerprint density at radius 3 is 2.77 bits per heavy atom. The van der Waals surface area contributed by atoms with Gasteiger partial charge in [-0.3, -0.25) is 0 Å². The molecule has 0 atom stereocenters. The fourth-order valence-electron chi connectivity index (χ4n) is 2.19. The third kappa shape index (κ3) is 1.85. The van der Waals surface area contributed by atoms with Crippen LogP contribution in [0.25, 0.3) is 11.4 Å².